The Kier molecular flexibility index (Phi) is 5.45. The zero-order valence-electron chi connectivity index (χ0n) is 11.2. The largest absolute Gasteiger partial charge is 0.356 e. The molecule has 0 aliphatic carbocycles. The van der Waals surface area contributed by atoms with Crippen molar-refractivity contribution < 1.29 is 9.59 Å². The highest BCUT2D eigenvalue weighted by Crippen LogP contribution is 2.22. The zero-order valence-corrected chi connectivity index (χ0v) is 11.2. The summed E-state index contributed by atoms with van der Waals surface area (Å²) >= 11 is 0. The van der Waals surface area contributed by atoms with Gasteiger partial charge in [-0.3, -0.25) is 9.59 Å². The van der Waals surface area contributed by atoms with Gasteiger partial charge in [0.25, 0.3) is 0 Å². The van der Waals surface area contributed by atoms with Crippen molar-refractivity contribution in [3.63, 3.8) is 0 Å². The molecule has 1 aliphatic heterocycles. The van der Waals surface area contributed by atoms with Crippen molar-refractivity contribution in [2.75, 3.05) is 13.1 Å². The van der Waals surface area contributed by atoms with E-state index in [0.29, 0.717) is 6.54 Å². The van der Waals surface area contributed by atoms with Crippen LogP contribution in [0.2, 0.25) is 0 Å². The van der Waals surface area contributed by atoms with Gasteiger partial charge in [-0.1, -0.05) is 13.3 Å². The third-order valence-electron chi connectivity index (χ3n) is 3.49. The molecule has 1 rings (SSSR count). The molecule has 1 aliphatic rings. The first kappa shape index (κ1) is 14.0. The molecule has 0 aromatic rings. The Balaban J connectivity index is 2.44. The number of nitrogens with one attached hydrogen (secondary N) is 1. The first-order valence-electron chi connectivity index (χ1n) is 6.61. The number of unbranched alkanes of at least 4 members (excludes halogenated alkanes) is 1. The summed E-state index contributed by atoms with van der Waals surface area (Å²) in [7, 11) is 0. The number of nitrogens with zero attached hydrogens (tertiary/aromatic N) is 1. The molecule has 2 atom stereocenters. The summed E-state index contributed by atoms with van der Waals surface area (Å²) in [6, 6.07) is 0.271. The monoisotopic (exact) mass is 240 g/mol. The van der Waals surface area contributed by atoms with Crippen molar-refractivity contribution >= 4 is 11.8 Å². The second kappa shape index (κ2) is 6.62. The van der Waals surface area contributed by atoms with Gasteiger partial charge in [0.05, 0.1) is 5.92 Å². The first-order chi connectivity index (χ1) is 8.06. The van der Waals surface area contributed by atoms with Gasteiger partial charge in [-0.25, -0.2) is 0 Å². The second-order valence-electron chi connectivity index (χ2n) is 4.94. The van der Waals surface area contributed by atoms with Crippen LogP contribution in [0.25, 0.3) is 0 Å². The van der Waals surface area contributed by atoms with Crippen LogP contribution in [0.15, 0.2) is 0 Å². The lowest BCUT2D eigenvalue weighted by Gasteiger charge is -2.36. The molecule has 4 heteroatoms. The van der Waals surface area contributed by atoms with Crippen molar-refractivity contribution in [2.24, 2.45) is 5.92 Å². The third-order valence-corrected chi connectivity index (χ3v) is 3.49. The Bertz CT molecular complexity index is 279. The Morgan fingerprint density at radius 3 is 2.65 bits per heavy atom. The van der Waals surface area contributed by atoms with Crippen LogP contribution in [0, 0.1) is 5.92 Å². The lowest BCUT2D eigenvalue weighted by Crippen LogP contribution is -2.48. The molecule has 1 heterocycles. The lowest BCUT2D eigenvalue weighted by atomic mass is 9.92. The summed E-state index contributed by atoms with van der Waals surface area (Å²) in [5.74, 6) is 0.159. The molecule has 0 aromatic heterocycles. The lowest BCUT2D eigenvalue weighted by molar-refractivity contribution is -0.136. The Morgan fingerprint density at radius 1 is 1.35 bits per heavy atom. The number of hydrogen-bond donors (Lipinski definition) is 1. The maximum atomic E-state index is 11.9. The quantitative estimate of drug-likeness (QED) is 0.758. The van der Waals surface area contributed by atoms with Crippen LogP contribution in [0.1, 0.15) is 46.5 Å². The minimum atomic E-state index is -0.0213. The summed E-state index contributed by atoms with van der Waals surface area (Å²) in [6.45, 7) is 7.06. The summed E-state index contributed by atoms with van der Waals surface area (Å²) in [5, 5.41) is 2.95. The minimum Gasteiger partial charge on any atom is -0.356 e. The van der Waals surface area contributed by atoms with Crippen LogP contribution < -0.4 is 5.32 Å². The van der Waals surface area contributed by atoms with E-state index in [0.717, 1.165) is 32.2 Å². The molecule has 98 valence electrons. The van der Waals surface area contributed by atoms with Gasteiger partial charge in [0, 0.05) is 26.1 Å². The molecule has 1 N–H and O–H groups in total. The number of amides is 2. The molecule has 4 nitrogen and oxygen atoms in total. The Labute approximate surface area is 104 Å². The molecule has 0 bridgehead atoms. The number of piperidine rings is 1. The predicted octanol–water partition coefficient (Wildman–Crippen LogP) is 1.55. The topological polar surface area (TPSA) is 49.4 Å². The Hall–Kier alpha value is -1.06. The van der Waals surface area contributed by atoms with Crippen LogP contribution >= 0.6 is 0 Å². The van der Waals surface area contributed by atoms with E-state index in [-0.39, 0.29) is 23.8 Å². The van der Waals surface area contributed by atoms with Gasteiger partial charge in [-0.2, -0.15) is 0 Å². The minimum absolute atomic E-state index is 0.0213. The van der Waals surface area contributed by atoms with Gasteiger partial charge in [0.2, 0.25) is 11.8 Å². The van der Waals surface area contributed by atoms with E-state index in [9.17, 15) is 9.59 Å². The van der Waals surface area contributed by atoms with Crippen molar-refractivity contribution in [1.82, 2.24) is 10.2 Å². The second-order valence-corrected chi connectivity index (χ2v) is 4.94. The highest BCUT2D eigenvalue weighted by molar-refractivity contribution is 5.80. The molecule has 0 saturated carbocycles. The zero-order chi connectivity index (χ0) is 12.8. The third kappa shape index (κ3) is 4.02. The molecular formula is C13H24N2O2. The average Bonchev–Trinajstić information content (AvgIpc) is 2.29. The van der Waals surface area contributed by atoms with Gasteiger partial charge < -0.3 is 10.2 Å². The van der Waals surface area contributed by atoms with E-state index in [1.165, 1.54) is 0 Å². The molecule has 0 spiro atoms. The van der Waals surface area contributed by atoms with Gasteiger partial charge in [0.1, 0.15) is 0 Å². The van der Waals surface area contributed by atoms with E-state index >= 15 is 0 Å². The first-order valence-corrected chi connectivity index (χ1v) is 6.61. The van der Waals surface area contributed by atoms with Crippen molar-refractivity contribution in [1.29, 1.82) is 0 Å². The summed E-state index contributed by atoms with van der Waals surface area (Å²) in [5.41, 5.74) is 0. The molecule has 0 radical (unpaired) electrons. The smallest absolute Gasteiger partial charge is 0.224 e. The summed E-state index contributed by atoms with van der Waals surface area (Å²) in [6.07, 6.45) is 3.92. The average molecular weight is 240 g/mol. The molecule has 1 saturated heterocycles. The molecular weight excluding hydrogens is 216 g/mol. The van der Waals surface area contributed by atoms with E-state index in [2.05, 4.69) is 12.2 Å². The van der Waals surface area contributed by atoms with Crippen LogP contribution in [0.4, 0.5) is 0 Å². The SMILES string of the molecule is CCCCNC(=O)[C@@H]1CC[C@@H](C)N(C(C)=O)C1. The fourth-order valence-corrected chi connectivity index (χ4v) is 2.29. The number of hydrogen-bond acceptors (Lipinski definition) is 2. The van der Waals surface area contributed by atoms with E-state index in [1.807, 2.05) is 11.8 Å². The van der Waals surface area contributed by atoms with E-state index in [1.54, 1.807) is 6.92 Å². The van der Waals surface area contributed by atoms with Crippen molar-refractivity contribution in [3.05, 3.63) is 0 Å². The van der Waals surface area contributed by atoms with Gasteiger partial charge >= 0.3 is 0 Å². The molecule has 0 aromatic carbocycles. The van der Waals surface area contributed by atoms with Gasteiger partial charge in [-0.15, -0.1) is 0 Å². The summed E-state index contributed by atoms with van der Waals surface area (Å²) in [4.78, 5) is 25.1. The van der Waals surface area contributed by atoms with Crippen LogP contribution in [0.5, 0.6) is 0 Å². The summed E-state index contributed by atoms with van der Waals surface area (Å²) < 4.78 is 0. The van der Waals surface area contributed by atoms with Crippen molar-refractivity contribution in [2.45, 2.75) is 52.5 Å². The Morgan fingerprint density at radius 2 is 2.06 bits per heavy atom. The molecule has 2 amide bonds. The predicted molar refractivity (Wildman–Crippen MR) is 67.5 cm³/mol. The maximum Gasteiger partial charge on any atom is 0.224 e. The number of rotatable bonds is 4. The van der Waals surface area contributed by atoms with E-state index < -0.39 is 0 Å². The van der Waals surface area contributed by atoms with Gasteiger partial charge in [0.15, 0.2) is 0 Å². The van der Waals surface area contributed by atoms with Crippen LogP contribution in [-0.2, 0) is 9.59 Å². The fourth-order valence-electron chi connectivity index (χ4n) is 2.29. The van der Waals surface area contributed by atoms with Crippen molar-refractivity contribution in [3.8, 4) is 0 Å². The van der Waals surface area contributed by atoms with Crippen LogP contribution in [-0.4, -0.2) is 35.8 Å². The standard InChI is InChI=1S/C13H24N2O2/c1-4-5-8-14-13(17)12-7-6-10(2)15(9-12)11(3)16/h10,12H,4-9H2,1-3H3,(H,14,17)/t10-,12-/m1/s1. The van der Waals surface area contributed by atoms with Gasteiger partial charge in [-0.05, 0) is 26.2 Å². The normalized spacial score (nSPS) is 24.5. The highest BCUT2D eigenvalue weighted by Gasteiger charge is 2.30. The molecule has 17 heavy (non-hydrogen) atoms. The number of carbonyl (C=O) groups excluding carboxylic acids is 2. The molecule has 0 unspecified atom stereocenters. The van der Waals surface area contributed by atoms with Crippen LogP contribution in [0.3, 0.4) is 0 Å². The fraction of sp³-hybridized carbons (Fsp3) is 0.846. The maximum absolute atomic E-state index is 11.9. The highest BCUT2D eigenvalue weighted by atomic mass is 16.2. The molecule has 1 fully saturated rings. The van der Waals surface area contributed by atoms with E-state index in [4.69, 9.17) is 0 Å². The number of likely N-dealkylation sites (tertiary alicyclic amines) is 1. The number of carbonyl (C=O) groups is 2.